The summed E-state index contributed by atoms with van der Waals surface area (Å²) in [4.78, 5) is 40.7. The molecule has 24 heavy (non-hydrogen) atoms. The lowest BCUT2D eigenvalue weighted by Crippen LogP contribution is -2.12. The Balaban J connectivity index is 6.51. The molecule has 0 fully saturated rings. The van der Waals surface area contributed by atoms with Gasteiger partial charge in [0.05, 0.1) is 31.3 Å². The van der Waals surface area contributed by atoms with Crippen molar-refractivity contribution >= 4 is 28.8 Å². The van der Waals surface area contributed by atoms with Crippen LogP contribution in [0.5, 0.6) is 0 Å². The first-order valence-electron chi connectivity index (χ1n) is 6.73. The zero-order chi connectivity index (χ0) is 19.2. The van der Waals surface area contributed by atoms with Crippen LogP contribution in [0, 0.1) is 0 Å². The van der Waals surface area contributed by atoms with E-state index in [1.807, 2.05) is 0 Å². The van der Waals surface area contributed by atoms with Crippen LogP contribution in [0.1, 0.15) is 20.8 Å². The first-order chi connectivity index (χ1) is 10.8. The predicted octanol–water partition coefficient (Wildman–Crippen LogP) is 1.95. The number of hydrogen-bond donors (Lipinski definition) is 4. The second kappa shape index (κ2) is 9.38. The Morgan fingerprint density at radius 2 is 1.25 bits per heavy atom. The normalized spacial score (nSPS) is 20.4. The molecular weight excluding hydrogens is 389 g/mol. The molecule has 0 amide bonds. The van der Waals surface area contributed by atoms with Crippen LogP contribution in [0.2, 0.25) is 0 Å². The summed E-state index contributed by atoms with van der Waals surface area (Å²) in [6, 6.07) is 0. The van der Waals surface area contributed by atoms with E-state index < -0.39 is 45.5 Å². The third-order valence-corrected chi connectivity index (χ3v) is 7.50. The molecular formula is C10H21O11P3. The molecule has 3 unspecified atom stereocenters. The molecule has 11 nitrogen and oxygen atoms in total. The summed E-state index contributed by atoms with van der Waals surface area (Å²) in [6.45, 7) is 2.96. The zero-order valence-corrected chi connectivity index (χ0v) is 16.0. The molecule has 0 aliphatic rings. The van der Waals surface area contributed by atoms with Gasteiger partial charge in [-0.05, 0) is 20.8 Å². The third kappa shape index (κ3) is 6.88. The maximum Gasteiger partial charge on any atom is 0.366 e. The average Bonchev–Trinajstić information content (AvgIpc) is 2.36. The number of hydrogen-bond acceptors (Lipinski definition) is 7. The van der Waals surface area contributed by atoms with Gasteiger partial charge in [-0.25, -0.2) is 4.79 Å². The standard InChI is InChI=1S/C10H21O11P3/c1-4-19-22(13,14)7-8(23(15,16)20-5-2)9(10(11)12)24(17,18)21-6-3/h4-7H2,1-3H3,(H,11,12)(H,13,14)(H,15,16)(H,17,18)/b9-8+. The highest BCUT2D eigenvalue weighted by Gasteiger charge is 2.44. The lowest BCUT2D eigenvalue weighted by atomic mass is 10.5. The summed E-state index contributed by atoms with van der Waals surface area (Å²) in [5, 5.41) is 6.49. The maximum absolute atomic E-state index is 12.2. The molecule has 0 aliphatic heterocycles. The van der Waals surface area contributed by atoms with Crippen molar-refractivity contribution < 1.29 is 51.8 Å². The van der Waals surface area contributed by atoms with Crippen LogP contribution in [0.4, 0.5) is 0 Å². The summed E-state index contributed by atoms with van der Waals surface area (Å²) in [6.07, 6.45) is -1.28. The van der Waals surface area contributed by atoms with Gasteiger partial charge in [0.2, 0.25) is 0 Å². The summed E-state index contributed by atoms with van der Waals surface area (Å²) in [7, 11) is -14.6. The van der Waals surface area contributed by atoms with E-state index in [1.165, 1.54) is 20.8 Å². The van der Waals surface area contributed by atoms with Crippen molar-refractivity contribution in [1.29, 1.82) is 0 Å². The van der Waals surface area contributed by atoms with Crippen LogP contribution < -0.4 is 0 Å². The van der Waals surface area contributed by atoms with Crippen molar-refractivity contribution in [2.24, 2.45) is 0 Å². The Morgan fingerprint density at radius 3 is 1.62 bits per heavy atom. The van der Waals surface area contributed by atoms with Gasteiger partial charge in [0.25, 0.3) is 0 Å². The molecule has 0 bridgehead atoms. The van der Waals surface area contributed by atoms with E-state index in [2.05, 4.69) is 13.6 Å². The Kier molecular flexibility index (Phi) is 9.25. The zero-order valence-electron chi connectivity index (χ0n) is 13.3. The molecule has 0 spiro atoms. The molecule has 0 rings (SSSR count). The van der Waals surface area contributed by atoms with Crippen LogP contribution in [0.15, 0.2) is 10.6 Å². The molecule has 142 valence electrons. The Bertz CT molecular complexity index is 626. The largest absolute Gasteiger partial charge is 0.477 e. The minimum absolute atomic E-state index is 0.254. The van der Waals surface area contributed by atoms with Gasteiger partial charge in [-0.1, -0.05) is 0 Å². The number of carbonyl (C=O) groups is 1. The number of carboxylic acid groups (broad SMARTS) is 1. The fourth-order valence-electron chi connectivity index (χ4n) is 1.63. The van der Waals surface area contributed by atoms with Gasteiger partial charge in [-0.2, -0.15) is 0 Å². The fraction of sp³-hybridized carbons (Fsp3) is 0.700. The van der Waals surface area contributed by atoms with Crippen LogP contribution >= 0.6 is 22.8 Å². The highest BCUT2D eigenvalue weighted by atomic mass is 31.2. The minimum Gasteiger partial charge on any atom is -0.477 e. The van der Waals surface area contributed by atoms with Crippen molar-refractivity contribution in [3.05, 3.63) is 10.6 Å². The second-order valence-electron chi connectivity index (χ2n) is 4.19. The van der Waals surface area contributed by atoms with E-state index in [9.17, 15) is 38.3 Å². The number of rotatable bonds is 11. The lowest BCUT2D eigenvalue weighted by molar-refractivity contribution is -0.132. The van der Waals surface area contributed by atoms with Gasteiger partial charge in [-0.15, -0.1) is 0 Å². The van der Waals surface area contributed by atoms with Gasteiger partial charge in [0.15, 0.2) is 5.31 Å². The van der Waals surface area contributed by atoms with Gasteiger partial charge in [0.1, 0.15) is 0 Å². The van der Waals surface area contributed by atoms with E-state index >= 15 is 0 Å². The van der Waals surface area contributed by atoms with Crippen LogP contribution in [-0.2, 0) is 32.1 Å². The second-order valence-corrected chi connectivity index (χ2v) is 9.62. The van der Waals surface area contributed by atoms with Gasteiger partial charge >= 0.3 is 28.8 Å². The molecule has 0 radical (unpaired) electrons. The first kappa shape index (κ1) is 23.7. The summed E-state index contributed by atoms with van der Waals surface area (Å²) in [5.41, 5.74) is 0. The number of allylic oxidation sites excluding steroid dienone is 1. The Morgan fingerprint density at radius 1 is 0.833 bits per heavy atom. The monoisotopic (exact) mass is 410 g/mol. The summed E-state index contributed by atoms with van der Waals surface area (Å²) in [5.74, 6) is -2.06. The van der Waals surface area contributed by atoms with Crippen LogP contribution in [-0.4, -0.2) is 51.7 Å². The van der Waals surface area contributed by atoms with E-state index in [-0.39, 0.29) is 19.8 Å². The average molecular weight is 410 g/mol. The molecule has 14 heteroatoms. The maximum atomic E-state index is 12.2. The highest BCUT2D eigenvalue weighted by molar-refractivity contribution is 7.64. The predicted molar refractivity (Wildman–Crippen MR) is 83.9 cm³/mol. The summed E-state index contributed by atoms with van der Waals surface area (Å²) >= 11 is 0. The Labute approximate surface area is 138 Å². The van der Waals surface area contributed by atoms with Crippen molar-refractivity contribution in [1.82, 2.24) is 0 Å². The van der Waals surface area contributed by atoms with Crippen molar-refractivity contribution in [3.8, 4) is 0 Å². The van der Waals surface area contributed by atoms with Crippen LogP contribution in [0.25, 0.3) is 0 Å². The van der Waals surface area contributed by atoms with Crippen molar-refractivity contribution in [2.45, 2.75) is 20.8 Å². The SMILES string of the molecule is CCOP(=O)(O)C/C(=C(/C(=O)O)P(=O)(O)OCC)P(=O)(O)OCC. The molecule has 0 saturated heterocycles. The highest BCUT2D eigenvalue weighted by Crippen LogP contribution is 2.64. The first-order valence-corrected chi connectivity index (χ1v) is 11.6. The van der Waals surface area contributed by atoms with Crippen molar-refractivity contribution in [3.63, 3.8) is 0 Å². The number of carboxylic acids is 1. The quantitative estimate of drug-likeness (QED) is 0.289. The van der Waals surface area contributed by atoms with Crippen LogP contribution in [0.3, 0.4) is 0 Å². The minimum atomic E-state index is -5.06. The molecule has 0 aromatic carbocycles. The molecule has 0 saturated carbocycles. The van der Waals surface area contributed by atoms with E-state index in [1.54, 1.807) is 0 Å². The molecule has 0 aliphatic carbocycles. The lowest BCUT2D eigenvalue weighted by Gasteiger charge is -2.21. The topological polar surface area (TPSA) is 177 Å². The molecule has 0 heterocycles. The molecule has 0 aromatic rings. The fourth-order valence-corrected chi connectivity index (χ4v) is 6.80. The van der Waals surface area contributed by atoms with E-state index in [4.69, 9.17) is 0 Å². The van der Waals surface area contributed by atoms with E-state index in [0.29, 0.717) is 0 Å². The smallest absolute Gasteiger partial charge is 0.366 e. The Hall–Kier alpha value is -0.340. The van der Waals surface area contributed by atoms with Gasteiger partial charge in [-0.3, -0.25) is 13.7 Å². The molecule has 0 aromatic heterocycles. The van der Waals surface area contributed by atoms with E-state index in [0.717, 1.165) is 0 Å². The third-order valence-electron chi connectivity index (χ3n) is 2.39. The van der Waals surface area contributed by atoms with Crippen molar-refractivity contribution in [2.75, 3.05) is 26.0 Å². The van der Waals surface area contributed by atoms with Gasteiger partial charge in [0, 0.05) is 0 Å². The van der Waals surface area contributed by atoms with Gasteiger partial charge < -0.3 is 33.4 Å². The molecule has 4 N–H and O–H groups in total. The summed E-state index contributed by atoms with van der Waals surface area (Å²) < 4.78 is 49.7. The number of aliphatic carboxylic acids is 1. The molecule has 3 atom stereocenters.